The number of hydrogen-bond donors (Lipinski definition) is 1. The number of nitro groups is 1. The monoisotopic (exact) mass is 316 g/mol. The van der Waals surface area contributed by atoms with Gasteiger partial charge in [0, 0.05) is 11.8 Å². The Hall–Kier alpha value is -3.09. The summed E-state index contributed by atoms with van der Waals surface area (Å²) in [6, 6.07) is 12.8. The molecule has 0 aliphatic heterocycles. The Bertz CT molecular complexity index is 685. The molecule has 2 rings (SSSR count). The molecule has 7 nitrogen and oxygen atoms in total. The second kappa shape index (κ2) is 7.79. The summed E-state index contributed by atoms with van der Waals surface area (Å²) in [5.74, 6) is 0.856. The van der Waals surface area contributed by atoms with Crippen LogP contribution in [0.1, 0.15) is 6.42 Å². The quantitative estimate of drug-likeness (QED) is 0.626. The van der Waals surface area contributed by atoms with E-state index in [-0.39, 0.29) is 24.6 Å². The lowest BCUT2D eigenvalue weighted by Crippen LogP contribution is -2.15. The van der Waals surface area contributed by atoms with Crippen LogP contribution < -0.4 is 14.8 Å². The van der Waals surface area contributed by atoms with Gasteiger partial charge in [-0.1, -0.05) is 6.07 Å². The predicted molar refractivity (Wildman–Crippen MR) is 84.8 cm³/mol. The summed E-state index contributed by atoms with van der Waals surface area (Å²) in [4.78, 5) is 22.0. The highest BCUT2D eigenvalue weighted by Crippen LogP contribution is 2.19. The SMILES string of the molecule is COc1ccc(NC(=O)CCOc2cccc([N+](=O)[O-])c2)cc1. The van der Waals surface area contributed by atoms with Crippen molar-refractivity contribution in [2.24, 2.45) is 0 Å². The van der Waals surface area contributed by atoms with Crippen LogP contribution in [0.2, 0.25) is 0 Å². The van der Waals surface area contributed by atoms with Gasteiger partial charge in [-0.2, -0.15) is 0 Å². The van der Waals surface area contributed by atoms with Crippen molar-refractivity contribution in [1.29, 1.82) is 0 Å². The predicted octanol–water partition coefficient (Wildman–Crippen LogP) is 3.01. The average Bonchev–Trinajstić information content (AvgIpc) is 2.56. The van der Waals surface area contributed by atoms with Crippen LogP contribution in [0, 0.1) is 10.1 Å². The second-order valence-electron chi connectivity index (χ2n) is 4.63. The molecule has 0 unspecified atom stereocenters. The van der Waals surface area contributed by atoms with Crippen molar-refractivity contribution in [2.75, 3.05) is 19.0 Å². The molecule has 120 valence electrons. The van der Waals surface area contributed by atoms with Gasteiger partial charge in [0.2, 0.25) is 5.91 Å². The molecule has 0 aromatic heterocycles. The summed E-state index contributed by atoms with van der Waals surface area (Å²) in [5.41, 5.74) is 0.608. The molecule has 0 atom stereocenters. The van der Waals surface area contributed by atoms with Gasteiger partial charge >= 0.3 is 0 Å². The fourth-order valence-electron chi connectivity index (χ4n) is 1.85. The molecule has 0 radical (unpaired) electrons. The van der Waals surface area contributed by atoms with Crippen LogP contribution in [-0.2, 0) is 4.79 Å². The third-order valence-electron chi connectivity index (χ3n) is 3.00. The number of hydrogen-bond acceptors (Lipinski definition) is 5. The van der Waals surface area contributed by atoms with Crippen LogP contribution in [0.5, 0.6) is 11.5 Å². The highest BCUT2D eigenvalue weighted by molar-refractivity contribution is 5.90. The van der Waals surface area contributed by atoms with E-state index in [1.54, 1.807) is 37.4 Å². The molecule has 0 aliphatic carbocycles. The zero-order valence-corrected chi connectivity index (χ0v) is 12.5. The van der Waals surface area contributed by atoms with Crippen molar-refractivity contribution in [2.45, 2.75) is 6.42 Å². The van der Waals surface area contributed by atoms with Crippen LogP contribution in [0.25, 0.3) is 0 Å². The molecule has 0 spiro atoms. The van der Waals surface area contributed by atoms with E-state index in [4.69, 9.17) is 9.47 Å². The number of carbonyl (C=O) groups is 1. The van der Waals surface area contributed by atoms with E-state index < -0.39 is 4.92 Å². The van der Waals surface area contributed by atoms with E-state index in [1.165, 1.54) is 18.2 Å². The molecule has 0 heterocycles. The van der Waals surface area contributed by atoms with Gasteiger partial charge in [-0.05, 0) is 30.3 Å². The smallest absolute Gasteiger partial charge is 0.273 e. The minimum Gasteiger partial charge on any atom is -0.497 e. The molecule has 2 aromatic carbocycles. The molecule has 1 amide bonds. The fourth-order valence-corrected chi connectivity index (χ4v) is 1.85. The van der Waals surface area contributed by atoms with E-state index in [0.717, 1.165) is 0 Å². The zero-order valence-electron chi connectivity index (χ0n) is 12.5. The molecule has 0 aliphatic rings. The van der Waals surface area contributed by atoms with Crippen molar-refractivity contribution in [3.05, 3.63) is 58.6 Å². The summed E-state index contributed by atoms with van der Waals surface area (Å²) >= 11 is 0. The molecule has 7 heteroatoms. The normalized spacial score (nSPS) is 9.96. The number of methoxy groups -OCH3 is 1. The minimum atomic E-state index is -0.497. The summed E-state index contributed by atoms with van der Waals surface area (Å²) in [6.07, 6.45) is 0.134. The summed E-state index contributed by atoms with van der Waals surface area (Å²) < 4.78 is 10.4. The molecule has 0 saturated carbocycles. The summed E-state index contributed by atoms with van der Waals surface area (Å²) in [5, 5.41) is 13.4. The van der Waals surface area contributed by atoms with Gasteiger partial charge in [-0.25, -0.2) is 0 Å². The first-order valence-corrected chi connectivity index (χ1v) is 6.89. The number of nitrogens with one attached hydrogen (secondary N) is 1. The maximum absolute atomic E-state index is 11.8. The lowest BCUT2D eigenvalue weighted by Gasteiger charge is -2.08. The van der Waals surface area contributed by atoms with E-state index in [1.807, 2.05) is 0 Å². The van der Waals surface area contributed by atoms with E-state index in [2.05, 4.69) is 5.32 Å². The Morgan fingerprint density at radius 1 is 1.17 bits per heavy atom. The Morgan fingerprint density at radius 3 is 2.57 bits per heavy atom. The number of nitrogens with zero attached hydrogens (tertiary/aromatic N) is 1. The molecule has 2 aromatic rings. The number of non-ortho nitro benzene ring substituents is 1. The van der Waals surface area contributed by atoms with Gasteiger partial charge in [-0.3, -0.25) is 14.9 Å². The van der Waals surface area contributed by atoms with Gasteiger partial charge in [0.05, 0.1) is 31.1 Å². The van der Waals surface area contributed by atoms with Crippen LogP contribution in [-0.4, -0.2) is 24.5 Å². The van der Waals surface area contributed by atoms with Crippen molar-refractivity contribution in [3.63, 3.8) is 0 Å². The number of amides is 1. The molecule has 23 heavy (non-hydrogen) atoms. The standard InChI is InChI=1S/C16H16N2O5/c1-22-14-7-5-12(6-8-14)17-16(19)9-10-23-15-4-2-3-13(11-15)18(20)21/h2-8,11H,9-10H2,1H3,(H,17,19). The Kier molecular flexibility index (Phi) is 5.51. The highest BCUT2D eigenvalue weighted by atomic mass is 16.6. The van der Waals surface area contributed by atoms with Crippen LogP contribution in [0.15, 0.2) is 48.5 Å². The van der Waals surface area contributed by atoms with Gasteiger partial charge in [0.1, 0.15) is 11.5 Å². The number of nitro benzene ring substituents is 1. The molecular formula is C16H16N2O5. The number of rotatable bonds is 7. The first-order chi connectivity index (χ1) is 11.1. The first kappa shape index (κ1) is 16.3. The highest BCUT2D eigenvalue weighted by Gasteiger charge is 2.07. The van der Waals surface area contributed by atoms with Gasteiger partial charge in [0.15, 0.2) is 0 Å². The van der Waals surface area contributed by atoms with Crippen molar-refractivity contribution in [1.82, 2.24) is 0 Å². The second-order valence-corrected chi connectivity index (χ2v) is 4.63. The lowest BCUT2D eigenvalue weighted by atomic mass is 10.3. The Labute approximate surface area is 133 Å². The molecular weight excluding hydrogens is 300 g/mol. The lowest BCUT2D eigenvalue weighted by molar-refractivity contribution is -0.384. The minimum absolute atomic E-state index is 0.0508. The van der Waals surface area contributed by atoms with Gasteiger partial charge in [0.25, 0.3) is 5.69 Å². The van der Waals surface area contributed by atoms with E-state index >= 15 is 0 Å². The van der Waals surface area contributed by atoms with Crippen molar-refractivity contribution < 1.29 is 19.2 Å². The Balaban J connectivity index is 1.80. The zero-order chi connectivity index (χ0) is 16.7. The number of anilines is 1. The van der Waals surface area contributed by atoms with Crippen LogP contribution >= 0.6 is 0 Å². The largest absolute Gasteiger partial charge is 0.497 e. The summed E-state index contributed by atoms with van der Waals surface area (Å²) in [7, 11) is 1.57. The van der Waals surface area contributed by atoms with Crippen molar-refractivity contribution >= 4 is 17.3 Å². The number of benzene rings is 2. The third kappa shape index (κ3) is 4.99. The molecule has 1 N–H and O–H groups in total. The van der Waals surface area contributed by atoms with Gasteiger partial charge < -0.3 is 14.8 Å². The maximum Gasteiger partial charge on any atom is 0.273 e. The topological polar surface area (TPSA) is 90.7 Å². The maximum atomic E-state index is 11.8. The molecule has 0 saturated heterocycles. The summed E-state index contributed by atoms with van der Waals surface area (Å²) in [6.45, 7) is 0.128. The number of ether oxygens (including phenoxy) is 2. The van der Waals surface area contributed by atoms with E-state index in [9.17, 15) is 14.9 Å². The Morgan fingerprint density at radius 2 is 1.91 bits per heavy atom. The molecule has 0 fully saturated rings. The fraction of sp³-hybridized carbons (Fsp3) is 0.188. The first-order valence-electron chi connectivity index (χ1n) is 6.89. The third-order valence-corrected chi connectivity index (χ3v) is 3.00. The average molecular weight is 316 g/mol. The van der Waals surface area contributed by atoms with Crippen LogP contribution in [0.4, 0.5) is 11.4 Å². The van der Waals surface area contributed by atoms with Crippen molar-refractivity contribution in [3.8, 4) is 11.5 Å². The number of carbonyl (C=O) groups excluding carboxylic acids is 1. The van der Waals surface area contributed by atoms with Crippen LogP contribution in [0.3, 0.4) is 0 Å². The van der Waals surface area contributed by atoms with Gasteiger partial charge in [-0.15, -0.1) is 0 Å². The van der Waals surface area contributed by atoms with E-state index in [0.29, 0.717) is 17.2 Å². The molecule has 0 bridgehead atoms.